The minimum absolute atomic E-state index is 0.252. The Morgan fingerprint density at radius 2 is 2.00 bits per heavy atom. The van der Waals surface area contributed by atoms with E-state index in [9.17, 15) is 0 Å². The molecule has 3 heteroatoms. The molecule has 82 valence electrons. The largest absolute Gasteiger partial charge is 0.489 e. The topological polar surface area (TPSA) is 30.8 Å². The van der Waals surface area contributed by atoms with Crippen molar-refractivity contribution in [2.75, 3.05) is 0 Å². The maximum absolute atomic E-state index is 6.06. The monoisotopic (exact) mass is 215 g/mol. The number of hydrogen-bond donors (Lipinski definition) is 0. The van der Waals surface area contributed by atoms with E-state index < -0.39 is 0 Å². The Bertz CT molecular complexity index is 469. The quantitative estimate of drug-likeness (QED) is 0.665. The summed E-state index contributed by atoms with van der Waals surface area (Å²) in [5.74, 6) is 1.33. The van der Waals surface area contributed by atoms with Gasteiger partial charge in [0.05, 0.1) is 5.92 Å². The second kappa shape index (κ2) is 3.00. The Balaban J connectivity index is 1.87. The second-order valence-corrected chi connectivity index (χ2v) is 4.73. The zero-order chi connectivity index (χ0) is 10.5. The van der Waals surface area contributed by atoms with E-state index in [0.29, 0.717) is 5.92 Å². The van der Waals surface area contributed by atoms with Gasteiger partial charge in [0, 0.05) is 5.56 Å². The lowest BCUT2D eigenvalue weighted by Crippen LogP contribution is -2.44. The first-order valence-corrected chi connectivity index (χ1v) is 5.93. The fourth-order valence-electron chi connectivity index (χ4n) is 3.08. The highest BCUT2D eigenvalue weighted by Gasteiger charge is 2.47. The van der Waals surface area contributed by atoms with Crippen molar-refractivity contribution in [2.45, 2.75) is 31.5 Å². The molecule has 0 spiro atoms. The van der Waals surface area contributed by atoms with Gasteiger partial charge in [0.15, 0.2) is 0 Å². The average Bonchev–Trinajstić information content (AvgIpc) is 2.76. The number of rotatable bonds is 0. The van der Waals surface area contributed by atoms with Crippen LogP contribution in [0.15, 0.2) is 29.4 Å². The molecule has 4 rings (SSSR count). The van der Waals surface area contributed by atoms with Crippen molar-refractivity contribution in [2.24, 2.45) is 11.1 Å². The van der Waals surface area contributed by atoms with Gasteiger partial charge in [-0.3, -0.25) is 0 Å². The summed E-state index contributed by atoms with van der Waals surface area (Å²) in [4.78, 5) is 5.54. The van der Waals surface area contributed by atoms with Crippen LogP contribution in [0.25, 0.3) is 0 Å². The molecule has 0 aromatic heterocycles. The molecule has 2 aliphatic heterocycles. The number of hydrogen-bond acceptors (Lipinski definition) is 3. The molecular formula is C13H13NO2. The van der Waals surface area contributed by atoms with Crippen molar-refractivity contribution >= 4 is 5.71 Å². The first-order valence-electron chi connectivity index (χ1n) is 5.93. The summed E-state index contributed by atoms with van der Waals surface area (Å²) in [5, 5.41) is 4.28. The van der Waals surface area contributed by atoms with E-state index in [2.05, 4.69) is 11.2 Å². The Labute approximate surface area is 94.0 Å². The van der Waals surface area contributed by atoms with Crippen LogP contribution in [-0.2, 0) is 4.84 Å². The van der Waals surface area contributed by atoms with E-state index in [0.717, 1.165) is 29.9 Å². The van der Waals surface area contributed by atoms with Crippen LogP contribution in [0.5, 0.6) is 5.75 Å². The van der Waals surface area contributed by atoms with Gasteiger partial charge in [0.25, 0.3) is 0 Å². The van der Waals surface area contributed by atoms with Gasteiger partial charge in [-0.1, -0.05) is 17.3 Å². The molecule has 0 N–H and O–H groups in total. The fraction of sp³-hybridized carbons (Fsp3) is 0.462. The molecule has 3 atom stereocenters. The molecule has 3 aliphatic rings. The molecule has 3 unspecified atom stereocenters. The summed E-state index contributed by atoms with van der Waals surface area (Å²) >= 11 is 0. The van der Waals surface area contributed by atoms with Crippen molar-refractivity contribution in [1.82, 2.24) is 0 Å². The highest BCUT2D eigenvalue weighted by Crippen LogP contribution is 2.42. The van der Waals surface area contributed by atoms with E-state index in [4.69, 9.17) is 9.57 Å². The summed E-state index contributed by atoms with van der Waals surface area (Å²) in [6.45, 7) is 0. The smallest absolute Gasteiger partial charge is 0.139 e. The molecule has 0 radical (unpaired) electrons. The van der Waals surface area contributed by atoms with Crippen LogP contribution in [0.3, 0.4) is 0 Å². The Kier molecular flexibility index (Phi) is 1.62. The van der Waals surface area contributed by atoms with Crippen LogP contribution in [0.4, 0.5) is 0 Å². The lowest BCUT2D eigenvalue weighted by molar-refractivity contribution is -0.00722. The third-order valence-electron chi connectivity index (χ3n) is 3.82. The third-order valence-corrected chi connectivity index (χ3v) is 3.82. The predicted octanol–water partition coefficient (Wildman–Crippen LogP) is 2.35. The normalized spacial score (nSPS) is 34.2. The molecule has 0 amide bonds. The van der Waals surface area contributed by atoms with Crippen molar-refractivity contribution in [3.8, 4) is 5.75 Å². The molecule has 1 saturated carbocycles. The molecule has 0 bridgehead atoms. The van der Waals surface area contributed by atoms with Crippen LogP contribution in [0.2, 0.25) is 0 Å². The highest BCUT2D eigenvalue weighted by atomic mass is 16.6. The summed E-state index contributed by atoms with van der Waals surface area (Å²) in [7, 11) is 0. The van der Waals surface area contributed by atoms with Gasteiger partial charge in [-0.25, -0.2) is 0 Å². The van der Waals surface area contributed by atoms with Crippen LogP contribution < -0.4 is 4.74 Å². The van der Waals surface area contributed by atoms with E-state index in [1.54, 1.807) is 0 Å². The third kappa shape index (κ3) is 1.01. The van der Waals surface area contributed by atoms with Gasteiger partial charge >= 0.3 is 0 Å². The summed E-state index contributed by atoms with van der Waals surface area (Å²) in [6, 6.07) is 8.14. The zero-order valence-corrected chi connectivity index (χ0v) is 8.93. The molecule has 1 aromatic rings. The minimum atomic E-state index is 0.252. The predicted molar refractivity (Wildman–Crippen MR) is 59.6 cm³/mol. The van der Waals surface area contributed by atoms with Gasteiger partial charge in [-0.05, 0) is 31.4 Å². The number of para-hydroxylation sites is 1. The molecule has 2 heterocycles. The van der Waals surface area contributed by atoms with Crippen molar-refractivity contribution in [3.63, 3.8) is 0 Å². The molecule has 0 saturated heterocycles. The Morgan fingerprint density at radius 3 is 3.00 bits per heavy atom. The van der Waals surface area contributed by atoms with Crippen molar-refractivity contribution < 1.29 is 9.57 Å². The number of oxime groups is 1. The number of benzene rings is 1. The fourth-order valence-corrected chi connectivity index (χ4v) is 3.08. The van der Waals surface area contributed by atoms with E-state index >= 15 is 0 Å². The molecule has 16 heavy (non-hydrogen) atoms. The summed E-state index contributed by atoms with van der Waals surface area (Å²) in [5.41, 5.74) is 2.23. The molecule has 3 nitrogen and oxygen atoms in total. The maximum Gasteiger partial charge on any atom is 0.139 e. The first kappa shape index (κ1) is 8.62. The van der Waals surface area contributed by atoms with Crippen LogP contribution in [0, 0.1) is 5.92 Å². The van der Waals surface area contributed by atoms with Gasteiger partial charge in [0.2, 0.25) is 0 Å². The molecule has 1 aromatic carbocycles. The molecule has 1 fully saturated rings. The number of fused-ring (bicyclic) bond motifs is 2. The van der Waals surface area contributed by atoms with Gasteiger partial charge in [0.1, 0.15) is 23.7 Å². The Hall–Kier alpha value is -1.51. The summed E-state index contributed by atoms with van der Waals surface area (Å²) in [6.07, 6.45) is 3.94. The Morgan fingerprint density at radius 1 is 1.12 bits per heavy atom. The van der Waals surface area contributed by atoms with E-state index in [-0.39, 0.29) is 12.2 Å². The average molecular weight is 215 g/mol. The molecular weight excluding hydrogens is 202 g/mol. The van der Waals surface area contributed by atoms with Crippen molar-refractivity contribution in [1.29, 1.82) is 0 Å². The highest BCUT2D eigenvalue weighted by molar-refractivity contribution is 6.06. The lowest BCUT2D eigenvalue weighted by Gasteiger charge is -2.36. The van der Waals surface area contributed by atoms with Crippen LogP contribution in [0.1, 0.15) is 24.8 Å². The second-order valence-electron chi connectivity index (χ2n) is 4.73. The van der Waals surface area contributed by atoms with Crippen LogP contribution >= 0.6 is 0 Å². The van der Waals surface area contributed by atoms with Gasteiger partial charge in [-0.15, -0.1) is 0 Å². The molecule has 1 aliphatic carbocycles. The van der Waals surface area contributed by atoms with Gasteiger partial charge in [-0.2, -0.15) is 0 Å². The van der Waals surface area contributed by atoms with E-state index in [1.165, 1.54) is 6.42 Å². The minimum Gasteiger partial charge on any atom is -0.489 e. The number of nitrogens with zero attached hydrogens (tertiary/aromatic N) is 1. The van der Waals surface area contributed by atoms with Crippen LogP contribution in [-0.4, -0.2) is 17.9 Å². The lowest BCUT2D eigenvalue weighted by atomic mass is 9.77. The standard InChI is InChI=1S/C13H13NO2/c1-2-5-9-8(4-1)13-12-10(15-9)6-3-7-11(12)16-14-13/h1-2,4-5,10-12H,3,6-7H2. The van der Waals surface area contributed by atoms with Gasteiger partial charge < -0.3 is 9.57 Å². The SMILES string of the molecule is c1ccc2c(c1)OC1CCCC3ON=C2C31. The number of ether oxygens (including phenoxy) is 1. The summed E-state index contributed by atoms with van der Waals surface area (Å²) < 4.78 is 6.06. The first-order chi connectivity index (χ1) is 7.93. The maximum atomic E-state index is 6.06. The van der Waals surface area contributed by atoms with Crippen molar-refractivity contribution in [3.05, 3.63) is 29.8 Å². The van der Waals surface area contributed by atoms with E-state index in [1.807, 2.05) is 18.2 Å². The zero-order valence-electron chi connectivity index (χ0n) is 8.93.